The van der Waals surface area contributed by atoms with E-state index in [0.29, 0.717) is 0 Å². The number of halogens is 4. The average molecular weight is 462 g/mol. The molecule has 0 atom stereocenters. The molecule has 0 unspecified atom stereocenters. The number of aliphatic carboxylic acids is 1. The van der Waals surface area contributed by atoms with Gasteiger partial charge in [0.15, 0.2) is 0 Å². The Kier molecular flexibility index (Phi) is 6.85. The number of para-hydroxylation sites is 1. The van der Waals surface area contributed by atoms with Gasteiger partial charge in [-0.2, -0.15) is 13.2 Å². The topological polar surface area (TPSA) is 75.6 Å². The largest absolute Gasteiger partial charge is 0.477 e. The van der Waals surface area contributed by atoms with Crippen molar-refractivity contribution in [2.45, 2.75) is 6.18 Å². The predicted molar refractivity (Wildman–Crippen MR) is 112 cm³/mol. The van der Waals surface area contributed by atoms with Crippen LogP contribution in [-0.2, 0) is 11.0 Å². The van der Waals surface area contributed by atoms with Crippen LogP contribution >= 0.6 is 11.6 Å². The van der Waals surface area contributed by atoms with Gasteiger partial charge in [0.2, 0.25) is 0 Å². The third kappa shape index (κ3) is 5.67. The van der Waals surface area contributed by atoms with E-state index in [-0.39, 0.29) is 22.1 Å². The van der Waals surface area contributed by atoms with Crippen molar-refractivity contribution in [3.63, 3.8) is 0 Å². The standard InChI is InChI=1S/C23H15ClF3NO4/c24-18-8-4-5-9-20(18)32-16-11-10-15(17(13-16)23(25,26)27)12-19(22(30)31)28-21(29)14-6-2-1-3-7-14/h1-13H,(H,28,29)(H,30,31)/b19-12-. The van der Waals surface area contributed by atoms with Crippen molar-refractivity contribution in [3.05, 3.63) is 100 Å². The molecule has 32 heavy (non-hydrogen) atoms. The minimum Gasteiger partial charge on any atom is -0.477 e. The highest BCUT2D eigenvalue weighted by Crippen LogP contribution is 2.37. The number of hydrogen-bond acceptors (Lipinski definition) is 3. The first-order valence-electron chi connectivity index (χ1n) is 9.10. The molecule has 0 spiro atoms. The number of nitrogens with one attached hydrogen (secondary N) is 1. The van der Waals surface area contributed by atoms with E-state index in [4.69, 9.17) is 16.3 Å². The highest BCUT2D eigenvalue weighted by Gasteiger charge is 2.34. The number of carbonyl (C=O) groups is 2. The van der Waals surface area contributed by atoms with Crippen molar-refractivity contribution >= 4 is 29.6 Å². The van der Waals surface area contributed by atoms with E-state index < -0.39 is 34.9 Å². The second-order valence-electron chi connectivity index (χ2n) is 6.46. The molecule has 164 valence electrons. The summed E-state index contributed by atoms with van der Waals surface area (Å²) in [7, 11) is 0. The average Bonchev–Trinajstić information content (AvgIpc) is 2.75. The molecule has 0 saturated heterocycles. The summed E-state index contributed by atoms with van der Waals surface area (Å²) in [5, 5.41) is 11.7. The second kappa shape index (κ2) is 9.57. The summed E-state index contributed by atoms with van der Waals surface area (Å²) in [5.74, 6) is -2.36. The highest BCUT2D eigenvalue weighted by atomic mass is 35.5. The van der Waals surface area contributed by atoms with Gasteiger partial charge < -0.3 is 15.2 Å². The van der Waals surface area contributed by atoms with Gasteiger partial charge in [0.25, 0.3) is 5.91 Å². The lowest BCUT2D eigenvalue weighted by Crippen LogP contribution is -2.27. The van der Waals surface area contributed by atoms with Crippen molar-refractivity contribution in [1.82, 2.24) is 5.32 Å². The molecule has 0 aliphatic heterocycles. The van der Waals surface area contributed by atoms with Crippen LogP contribution < -0.4 is 10.1 Å². The van der Waals surface area contributed by atoms with Crippen LogP contribution in [0.3, 0.4) is 0 Å². The van der Waals surface area contributed by atoms with Crippen LogP contribution in [0.5, 0.6) is 11.5 Å². The van der Waals surface area contributed by atoms with Gasteiger partial charge in [0.05, 0.1) is 10.6 Å². The number of hydrogen-bond donors (Lipinski definition) is 2. The quantitative estimate of drug-likeness (QED) is 0.441. The smallest absolute Gasteiger partial charge is 0.417 e. The highest BCUT2D eigenvalue weighted by molar-refractivity contribution is 6.32. The molecule has 0 bridgehead atoms. The maximum atomic E-state index is 13.7. The lowest BCUT2D eigenvalue weighted by Gasteiger charge is -2.14. The summed E-state index contributed by atoms with van der Waals surface area (Å²) in [6.45, 7) is 0. The third-order valence-electron chi connectivity index (χ3n) is 4.21. The van der Waals surface area contributed by atoms with Gasteiger partial charge in [-0.25, -0.2) is 4.79 Å². The Balaban J connectivity index is 1.97. The molecule has 0 heterocycles. The Bertz CT molecular complexity index is 1180. The zero-order valence-corrected chi connectivity index (χ0v) is 16.9. The minimum absolute atomic E-state index is 0.146. The van der Waals surface area contributed by atoms with E-state index in [1.807, 2.05) is 0 Å². The van der Waals surface area contributed by atoms with Crippen LogP contribution in [0.1, 0.15) is 21.5 Å². The Morgan fingerprint density at radius 3 is 2.25 bits per heavy atom. The van der Waals surface area contributed by atoms with Crippen LogP contribution in [0.25, 0.3) is 6.08 Å². The number of ether oxygens (including phenoxy) is 1. The molecule has 5 nitrogen and oxygen atoms in total. The van der Waals surface area contributed by atoms with Crippen LogP contribution in [0.4, 0.5) is 13.2 Å². The zero-order chi connectivity index (χ0) is 23.3. The number of carboxylic acid groups (broad SMARTS) is 1. The fourth-order valence-electron chi connectivity index (χ4n) is 2.72. The summed E-state index contributed by atoms with van der Waals surface area (Å²) < 4.78 is 46.5. The number of carboxylic acids is 1. The predicted octanol–water partition coefficient (Wildman–Crippen LogP) is 6.01. The molecule has 0 aromatic heterocycles. The Morgan fingerprint density at radius 1 is 0.969 bits per heavy atom. The molecule has 0 aliphatic carbocycles. The molecule has 2 N–H and O–H groups in total. The molecule has 0 saturated carbocycles. The van der Waals surface area contributed by atoms with E-state index >= 15 is 0 Å². The van der Waals surface area contributed by atoms with E-state index in [1.165, 1.54) is 30.3 Å². The Morgan fingerprint density at radius 2 is 1.62 bits per heavy atom. The molecular formula is C23H15ClF3NO4. The first-order valence-corrected chi connectivity index (χ1v) is 9.48. The molecule has 1 amide bonds. The van der Waals surface area contributed by atoms with Crippen LogP contribution in [0, 0.1) is 0 Å². The van der Waals surface area contributed by atoms with Gasteiger partial charge in [-0.15, -0.1) is 0 Å². The number of alkyl halides is 3. The molecular weight excluding hydrogens is 447 g/mol. The van der Waals surface area contributed by atoms with Gasteiger partial charge in [-0.1, -0.05) is 48.0 Å². The maximum Gasteiger partial charge on any atom is 0.417 e. The fraction of sp³-hybridized carbons (Fsp3) is 0.0435. The summed E-state index contributed by atoms with van der Waals surface area (Å²) >= 11 is 5.98. The van der Waals surface area contributed by atoms with Crippen LogP contribution in [0.2, 0.25) is 5.02 Å². The number of rotatable bonds is 6. The Labute approximate surface area is 185 Å². The molecule has 3 aromatic carbocycles. The van der Waals surface area contributed by atoms with Crippen LogP contribution in [-0.4, -0.2) is 17.0 Å². The maximum absolute atomic E-state index is 13.7. The monoisotopic (exact) mass is 461 g/mol. The third-order valence-corrected chi connectivity index (χ3v) is 4.52. The van der Waals surface area contributed by atoms with E-state index in [0.717, 1.165) is 18.2 Å². The first kappa shape index (κ1) is 22.9. The summed E-state index contributed by atoms with van der Waals surface area (Å²) in [5.41, 5.74) is -2.17. The number of amides is 1. The molecule has 3 rings (SSSR count). The van der Waals surface area contributed by atoms with Crippen molar-refractivity contribution in [1.29, 1.82) is 0 Å². The molecule has 9 heteroatoms. The van der Waals surface area contributed by atoms with E-state index in [2.05, 4.69) is 5.32 Å². The SMILES string of the molecule is O=C(O)/C(=C/c1ccc(Oc2ccccc2Cl)cc1C(F)(F)F)NC(=O)c1ccccc1. The number of benzene rings is 3. The van der Waals surface area contributed by atoms with Crippen molar-refractivity contribution in [2.75, 3.05) is 0 Å². The zero-order valence-electron chi connectivity index (χ0n) is 16.2. The first-order chi connectivity index (χ1) is 15.1. The van der Waals surface area contributed by atoms with Crippen LogP contribution in [0.15, 0.2) is 78.5 Å². The molecule has 3 aromatic rings. The summed E-state index contributed by atoms with van der Waals surface area (Å²) in [6, 6.07) is 17.0. The lowest BCUT2D eigenvalue weighted by molar-refractivity contribution is -0.138. The summed E-state index contributed by atoms with van der Waals surface area (Å²) in [4.78, 5) is 23.8. The fourth-order valence-corrected chi connectivity index (χ4v) is 2.89. The van der Waals surface area contributed by atoms with Gasteiger partial charge >= 0.3 is 12.1 Å². The molecule has 0 aliphatic rings. The Hall–Kier alpha value is -3.78. The second-order valence-corrected chi connectivity index (χ2v) is 6.87. The van der Waals surface area contributed by atoms with Crippen molar-refractivity contribution in [2.24, 2.45) is 0 Å². The van der Waals surface area contributed by atoms with Gasteiger partial charge in [0, 0.05) is 5.56 Å². The van der Waals surface area contributed by atoms with Crippen molar-refractivity contribution in [3.8, 4) is 11.5 Å². The van der Waals surface area contributed by atoms with Gasteiger partial charge in [0.1, 0.15) is 17.2 Å². The minimum atomic E-state index is -4.82. The number of carbonyl (C=O) groups excluding carboxylic acids is 1. The van der Waals surface area contributed by atoms with Gasteiger partial charge in [-0.05, 0) is 48.0 Å². The van der Waals surface area contributed by atoms with Gasteiger partial charge in [-0.3, -0.25) is 4.79 Å². The molecule has 0 radical (unpaired) electrons. The van der Waals surface area contributed by atoms with E-state index in [9.17, 15) is 27.9 Å². The summed E-state index contributed by atoms with van der Waals surface area (Å²) in [6.07, 6.45) is -4.08. The normalized spacial score (nSPS) is 11.7. The van der Waals surface area contributed by atoms with E-state index in [1.54, 1.807) is 30.3 Å². The van der Waals surface area contributed by atoms with Crippen molar-refractivity contribution < 1.29 is 32.6 Å². The lowest BCUT2D eigenvalue weighted by atomic mass is 10.0. The molecule has 0 fully saturated rings.